The zero-order chi connectivity index (χ0) is 17.6. The number of aromatic nitrogens is 4. The van der Waals surface area contributed by atoms with Crippen LogP contribution >= 0.6 is 0 Å². The molecule has 0 aliphatic heterocycles. The Bertz CT molecular complexity index is 747. The highest BCUT2D eigenvalue weighted by Crippen LogP contribution is 2.26. The molecule has 1 aliphatic rings. The number of hydrogen-bond donors (Lipinski definition) is 0. The summed E-state index contributed by atoms with van der Waals surface area (Å²) in [4.78, 5) is 20.7. The van der Waals surface area contributed by atoms with E-state index >= 15 is 0 Å². The molecule has 0 N–H and O–H groups in total. The van der Waals surface area contributed by atoms with E-state index < -0.39 is 12.6 Å². The van der Waals surface area contributed by atoms with Gasteiger partial charge in [0, 0.05) is 5.69 Å². The summed E-state index contributed by atoms with van der Waals surface area (Å²) in [6.07, 6.45) is 6.42. The van der Waals surface area contributed by atoms with Gasteiger partial charge in [-0.1, -0.05) is 6.42 Å². The first-order valence-corrected chi connectivity index (χ1v) is 8.39. The fraction of sp³-hybridized carbons (Fsp3) is 0.529. The molecule has 0 atom stereocenters. The van der Waals surface area contributed by atoms with Crippen molar-refractivity contribution in [2.24, 2.45) is 0 Å². The monoisotopic (exact) mass is 348 g/mol. The number of halogens is 1. The van der Waals surface area contributed by atoms with E-state index in [-0.39, 0.29) is 19.0 Å². The molecule has 8 heteroatoms. The maximum Gasteiger partial charge on any atom is 0.343 e. The maximum absolute atomic E-state index is 12.5. The zero-order valence-electron chi connectivity index (χ0n) is 14.2. The van der Waals surface area contributed by atoms with Crippen molar-refractivity contribution < 1.29 is 18.7 Å². The maximum atomic E-state index is 12.5. The first-order chi connectivity index (χ1) is 12.2. The van der Waals surface area contributed by atoms with Crippen molar-refractivity contribution in [3.63, 3.8) is 0 Å². The summed E-state index contributed by atoms with van der Waals surface area (Å²) in [6.45, 7) is -0.378. The molecule has 0 aromatic carbocycles. The van der Waals surface area contributed by atoms with Gasteiger partial charge in [0.25, 0.3) is 0 Å². The molecule has 25 heavy (non-hydrogen) atoms. The molecule has 0 saturated carbocycles. The zero-order valence-corrected chi connectivity index (χ0v) is 14.2. The molecule has 0 spiro atoms. The summed E-state index contributed by atoms with van der Waals surface area (Å²) in [5.41, 5.74) is 2.34. The van der Waals surface area contributed by atoms with Gasteiger partial charge in [0.05, 0.1) is 13.7 Å². The minimum absolute atomic E-state index is 0.0514. The minimum Gasteiger partial charge on any atom is -0.469 e. The normalized spacial score (nSPS) is 13.8. The lowest BCUT2D eigenvalue weighted by molar-refractivity contribution is 0.0594. The Hall–Kier alpha value is -2.51. The topological polar surface area (TPSA) is 79.1 Å². The molecule has 2 heterocycles. The predicted molar refractivity (Wildman–Crippen MR) is 87.2 cm³/mol. The molecule has 0 bridgehead atoms. The molecule has 7 nitrogen and oxygen atoms in total. The average Bonchev–Trinajstić information content (AvgIpc) is 2.94. The predicted octanol–water partition coefficient (Wildman–Crippen LogP) is 2.28. The third-order valence-electron chi connectivity index (χ3n) is 4.25. The van der Waals surface area contributed by atoms with E-state index in [4.69, 9.17) is 9.47 Å². The van der Waals surface area contributed by atoms with Crippen molar-refractivity contribution in [1.29, 1.82) is 0 Å². The van der Waals surface area contributed by atoms with Crippen LogP contribution in [0.2, 0.25) is 0 Å². The SMILES string of the molecule is COC(=O)c1cc2c(nc1OCc1ncnn1CCF)CCCCC2. The van der Waals surface area contributed by atoms with Crippen molar-refractivity contribution in [3.05, 3.63) is 35.0 Å². The number of nitrogens with zero attached hydrogens (tertiary/aromatic N) is 4. The second-order valence-electron chi connectivity index (χ2n) is 5.88. The van der Waals surface area contributed by atoms with Crippen molar-refractivity contribution in [2.45, 2.75) is 45.3 Å². The second-order valence-corrected chi connectivity index (χ2v) is 5.88. The molecule has 134 valence electrons. The van der Waals surface area contributed by atoms with E-state index in [2.05, 4.69) is 15.1 Å². The Labute approximate surface area is 145 Å². The highest BCUT2D eigenvalue weighted by atomic mass is 19.1. The van der Waals surface area contributed by atoms with Crippen molar-refractivity contribution in [3.8, 4) is 5.88 Å². The van der Waals surface area contributed by atoms with Crippen LogP contribution in [-0.4, -0.2) is 39.5 Å². The van der Waals surface area contributed by atoms with E-state index in [0.717, 1.165) is 43.4 Å². The summed E-state index contributed by atoms with van der Waals surface area (Å²) in [6, 6.07) is 1.82. The summed E-state index contributed by atoms with van der Waals surface area (Å²) >= 11 is 0. The molecule has 1 aliphatic carbocycles. The minimum atomic E-state index is -0.541. The molecule has 3 rings (SSSR count). The number of carbonyl (C=O) groups excluding carboxylic acids is 1. The van der Waals surface area contributed by atoms with Gasteiger partial charge < -0.3 is 9.47 Å². The Morgan fingerprint density at radius 1 is 1.32 bits per heavy atom. The van der Waals surface area contributed by atoms with Crippen LogP contribution in [0.1, 0.15) is 46.7 Å². The smallest absolute Gasteiger partial charge is 0.343 e. The van der Waals surface area contributed by atoms with Crippen LogP contribution in [-0.2, 0) is 30.7 Å². The van der Waals surface area contributed by atoms with Gasteiger partial charge in [-0.2, -0.15) is 5.10 Å². The Balaban J connectivity index is 1.86. The van der Waals surface area contributed by atoms with Crippen LogP contribution in [0.3, 0.4) is 0 Å². The van der Waals surface area contributed by atoms with E-state index in [1.165, 1.54) is 18.1 Å². The van der Waals surface area contributed by atoms with Gasteiger partial charge >= 0.3 is 5.97 Å². The standard InChI is InChI=1S/C17H21FN4O3/c1-24-17(23)13-9-12-5-3-2-4-6-14(12)21-16(13)25-10-15-19-11-20-22(15)8-7-18/h9,11H,2-8,10H2,1H3. The highest BCUT2D eigenvalue weighted by Gasteiger charge is 2.21. The number of esters is 1. The summed E-state index contributed by atoms with van der Waals surface area (Å²) in [7, 11) is 1.33. The molecule has 0 amide bonds. The molecular weight excluding hydrogens is 327 g/mol. The number of methoxy groups -OCH3 is 1. The lowest BCUT2D eigenvalue weighted by Crippen LogP contribution is -2.14. The summed E-state index contributed by atoms with van der Waals surface area (Å²) in [5.74, 6) is 0.215. The van der Waals surface area contributed by atoms with E-state index in [1.807, 2.05) is 6.07 Å². The van der Waals surface area contributed by atoms with Crippen LogP contribution in [0.4, 0.5) is 4.39 Å². The molecule has 0 fully saturated rings. The van der Waals surface area contributed by atoms with Crippen molar-refractivity contribution in [2.75, 3.05) is 13.8 Å². The number of aryl methyl sites for hydroxylation is 3. The average molecular weight is 348 g/mol. The number of fused-ring (bicyclic) bond motifs is 1. The number of carbonyl (C=O) groups is 1. The second kappa shape index (κ2) is 8.04. The number of alkyl halides is 1. The van der Waals surface area contributed by atoms with Crippen LogP contribution in [0.15, 0.2) is 12.4 Å². The third kappa shape index (κ3) is 3.94. The van der Waals surface area contributed by atoms with Gasteiger partial charge in [-0.3, -0.25) is 0 Å². The molecular formula is C17H21FN4O3. The van der Waals surface area contributed by atoms with Gasteiger partial charge in [-0.25, -0.2) is 23.8 Å². The largest absolute Gasteiger partial charge is 0.469 e. The Kier molecular flexibility index (Phi) is 5.57. The van der Waals surface area contributed by atoms with Crippen molar-refractivity contribution >= 4 is 5.97 Å². The van der Waals surface area contributed by atoms with Gasteiger partial charge in [0.2, 0.25) is 5.88 Å². The fourth-order valence-corrected chi connectivity index (χ4v) is 2.96. The number of pyridine rings is 1. The first kappa shape index (κ1) is 17.3. The van der Waals surface area contributed by atoms with Crippen LogP contribution in [0.25, 0.3) is 0 Å². The van der Waals surface area contributed by atoms with Gasteiger partial charge in [-0.15, -0.1) is 0 Å². The molecule has 0 saturated heterocycles. The molecule has 2 aromatic rings. The molecule has 0 radical (unpaired) electrons. The van der Waals surface area contributed by atoms with Gasteiger partial charge in [0.15, 0.2) is 5.82 Å². The summed E-state index contributed by atoms with van der Waals surface area (Å²) < 4.78 is 24.6. The quantitative estimate of drug-likeness (QED) is 0.589. The first-order valence-electron chi connectivity index (χ1n) is 8.39. The molecule has 0 unspecified atom stereocenters. The highest BCUT2D eigenvalue weighted by molar-refractivity contribution is 5.92. The van der Waals surface area contributed by atoms with E-state index in [1.54, 1.807) is 0 Å². The molecule has 2 aromatic heterocycles. The number of ether oxygens (including phenoxy) is 2. The lowest BCUT2D eigenvalue weighted by atomic mass is 10.1. The van der Waals surface area contributed by atoms with Crippen LogP contribution in [0.5, 0.6) is 5.88 Å². The van der Waals surface area contributed by atoms with Gasteiger partial charge in [0.1, 0.15) is 25.2 Å². The Morgan fingerprint density at radius 2 is 2.16 bits per heavy atom. The number of rotatable bonds is 6. The fourth-order valence-electron chi connectivity index (χ4n) is 2.96. The lowest BCUT2D eigenvalue weighted by Gasteiger charge is -2.13. The summed E-state index contributed by atoms with van der Waals surface area (Å²) in [5, 5.41) is 3.95. The number of hydrogen-bond acceptors (Lipinski definition) is 6. The Morgan fingerprint density at radius 3 is 2.96 bits per heavy atom. The van der Waals surface area contributed by atoms with Gasteiger partial charge in [-0.05, 0) is 37.3 Å². The van der Waals surface area contributed by atoms with E-state index in [0.29, 0.717) is 11.4 Å². The van der Waals surface area contributed by atoms with Crippen molar-refractivity contribution in [1.82, 2.24) is 19.7 Å². The third-order valence-corrected chi connectivity index (χ3v) is 4.25. The van der Waals surface area contributed by atoms with Crippen LogP contribution in [0, 0.1) is 0 Å². The van der Waals surface area contributed by atoms with E-state index in [9.17, 15) is 9.18 Å². The van der Waals surface area contributed by atoms with Crippen LogP contribution < -0.4 is 4.74 Å².